The number of rotatable bonds is 2. The first-order chi connectivity index (χ1) is 11.3. The van der Waals surface area contributed by atoms with E-state index in [4.69, 9.17) is 11.6 Å². The highest BCUT2D eigenvalue weighted by atomic mass is 35.5. The fraction of sp³-hybridized carbons (Fsp3) is 0.0625. The average Bonchev–Trinajstić information content (AvgIpc) is 2.95. The lowest BCUT2D eigenvalue weighted by Crippen LogP contribution is -2.07. The van der Waals surface area contributed by atoms with Gasteiger partial charge in [-0.15, -0.1) is 0 Å². The lowest BCUT2D eigenvalue weighted by molar-refractivity contribution is -0.137. The van der Waals surface area contributed by atoms with E-state index in [1.165, 1.54) is 18.3 Å². The molecule has 0 aliphatic heterocycles. The van der Waals surface area contributed by atoms with Gasteiger partial charge in [0, 0.05) is 11.6 Å². The highest BCUT2D eigenvalue weighted by Gasteiger charge is 2.31. The molecule has 24 heavy (non-hydrogen) atoms. The second-order valence-corrected chi connectivity index (χ2v) is 5.36. The van der Waals surface area contributed by atoms with Gasteiger partial charge in [0.25, 0.3) is 0 Å². The maximum atomic E-state index is 13.1. The molecule has 124 valence electrons. The third kappa shape index (κ3) is 2.94. The van der Waals surface area contributed by atoms with Gasteiger partial charge in [-0.1, -0.05) is 11.6 Å². The lowest BCUT2D eigenvalue weighted by Gasteiger charge is -2.13. The summed E-state index contributed by atoms with van der Waals surface area (Å²) in [5.74, 6) is -1.00. The molecule has 2 aromatic carbocycles. The van der Waals surface area contributed by atoms with Gasteiger partial charge in [0.2, 0.25) is 0 Å². The van der Waals surface area contributed by atoms with Crippen LogP contribution in [0.1, 0.15) is 5.56 Å². The molecule has 0 unspecified atom stereocenters. The highest BCUT2D eigenvalue weighted by molar-refractivity contribution is 6.32. The number of alkyl halides is 3. The van der Waals surface area contributed by atoms with E-state index in [9.17, 15) is 22.7 Å². The highest BCUT2D eigenvalue weighted by Crippen LogP contribution is 2.36. The molecule has 3 nitrogen and oxygen atoms in total. The van der Waals surface area contributed by atoms with Gasteiger partial charge in [-0.05, 0) is 36.4 Å². The van der Waals surface area contributed by atoms with Gasteiger partial charge in [0.05, 0.1) is 28.2 Å². The van der Waals surface area contributed by atoms with Gasteiger partial charge in [-0.25, -0.2) is 9.07 Å². The summed E-state index contributed by atoms with van der Waals surface area (Å²) in [4.78, 5) is 0. The topological polar surface area (TPSA) is 38.1 Å². The molecule has 1 heterocycles. The Kier molecular flexibility index (Phi) is 3.96. The predicted molar refractivity (Wildman–Crippen MR) is 80.6 cm³/mol. The largest absolute Gasteiger partial charge is 0.507 e. The smallest absolute Gasteiger partial charge is 0.416 e. The van der Waals surface area contributed by atoms with E-state index < -0.39 is 17.6 Å². The summed E-state index contributed by atoms with van der Waals surface area (Å²) < 4.78 is 53.0. The molecule has 1 N–H and O–H groups in total. The van der Waals surface area contributed by atoms with E-state index in [2.05, 4.69) is 5.10 Å². The van der Waals surface area contributed by atoms with Crippen LogP contribution < -0.4 is 0 Å². The number of hydrogen-bond acceptors (Lipinski definition) is 2. The van der Waals surface area contributed by atoms with Gasteiger partial charge in [-0.2, -0.15) is 18.3 Å². The molecule has 8 heteroatoms. The third-order valence-electron chi connectivity index (χ3n) is 3.38. The standard InChI is InChI=1S/C16H9ClF4N2O/c17-12-4-1-9(16(19,20)21)7-14(12)23-13(5-6-22-23)11-3-2-10(18)8-15(11)24/h1-8,24H. The molecule has 0 saturated carbocycles. The van der Waals surface area contributed by atoms with Crippen molar-refractivity contribution < 1.29 is 22.7 Å². The molecule has 0 amide bonds. The van der Waals surface area contributed by atoms with Crippen LogP contribution in [0.3, 0.4) is 0 Å². The molecular formula is C16H9ClF4N2O. The van der Waals surface area contributed by atoms with E-state index >= 15 is 0 Å². The lowest BCUT2D eigenvalue weighted by atomic mass is 10.1. The first-order valence-electron chi connectivity index (χ1n) is 6.67. The number of aromatic nitrogens is 2. The van der Waals surface area contributed by atoms with Crippen molar-refractivity contribution in [3.8, 4) is 22.7 Å². The zero-order valence-electron chi connectivity index (χ0n) is 11.9. The van der Waals surface area contributed by atoms with Crippen LogP contribution in [0.5, 0.6) is 5.75 Å². The Bertz CT molecular complexity index is 905. The SMILES string of the molecule is Oc1cc(F)ccc1-c1ccnn1-c1cc(C(F)(F)F)ccc1Cl. The minimum atomic E-state index is -4.54. The Hall–Kier alpha value is -2.54. The minimum Gasteiger partial charge on any atom is -0.507 e. The minimum absolute atomic E-state index is 0.00443. The molecule has 0 aliphatic carbocycles. The zero-order valence-corrected chi connectivity index (χ0v) is 12.6. The molecular weight excluding hydrogens is 348 g/mol. The van der Waals surface area contributed by atoms with Crippen LogP contribution in [-0.4, -0.2) is 14.9 Å². The fourth-order valence-electron chi connectivity index (χ4n) is 2.27. The molecule has 0 aliphatic rings. The summed E-state index contributed by atoms with van der Waals surface area (Å²) in [5.41, 5.74) is -0.405. The number of nitrogens with zero attached hydrogens (tertiary/aromatic N) is 2. The Morgan fingerprint density at radius 1 is 1.04 bits per heavy atom. The molecule has 0 spiro atoms. The van der Waals surface area contributed by atoms with Crippen LogP contribution in [0.4, 0.5) is 17.6 Å². The Morgan fingerprint density at radius 2 is 1.79 bits per heavy atom. The monoisotopic (exact) mass is 356 g/mol. The quantitative estimate of drug-likeness (QED) is 0.652. The van der Waals surface area contributed by atoms with Crippen molar-refractivity contribution in [2.24, 2.45) is 0 Å². The molecule has 0 radical (unpaired) electrons. The van der Waals surface area contributed by atoms with Crippen molar-refractivity contribution in [1.82, 2.24) is 9.78 Å². The van der Waals surface area contributed by atoms with Crippen molar-refractivity contribution in [2.75, 3.05) is 0 Å². The number of phenols is 1. The van der Waals surface area contributed by atoms with Gasteiger partial charge >= 0.3 is 6.18 Å². The van der Waals surface area contributed by atoms with Gasteiger partial charge in [0.15, 0.2) is 0 Å². The number of hydrogen-bond donors (Lipinski definition) is 1. The number of aromatic hydroxyl groups is 1. The summed E-state index contributed by atoms with van der Waals surface area (Å²) in [7, 11) is 0. The van der Waals surface area contributed by atoms with E-state index in [0.29, 0.717) is 0 Å². The second kappa shape index (κ2) is 5.83. The van der Waals surface area contributed by atoms with Crippen LogP contribution in [0.2, 0.25) is 5.02 Å². The normalized spacial score (nSPS) is 11.7. The molecule has 0 saturated heterocycles. The van der Waals surface area contributed by atoms with Crippen LogP contribution in [0.25, 0.3) is 16.9 Å². The molecule has 0 atom stereocenters. The summed E-state index contributed by atoms with van der Waals surface area (Å²) in [6.45, 7) is 0. The van der Waals surface area contributed by atoms with Crippen molar-refractivity contribution in [1.29, 1.82) is 0 Å². The molecule has 0 fully saturated rings. The van der Waals surface area contributed by atoms with Crippen molar-refractivity contribution in [3.05, 3.63) is 65.1 Å². The summed E-state index contributed by atoms with van der Waals surface area (Å²) >= 11 is 6.01. The third-order valence-corrected chi connectivity index (χ3v) is 3.70. The maximum Gasteiger partial charge on any atom is 0.416 e. The average molecular weight is 357 g/mol. The maximum absolute atomic E-state index is 13.1. The predicted octanol–water partition coefficient (Wildman–Crippen LogP) is 5.06. The zero-order chi connectivity index (χ0) is 17.5. The summed E-state index contributed by atoms with van der Waals surface area (Å²) in [6, 6.07) is 7.66. The second-order valence-electron chi connectivity index (χ2n) is 4.95. The van der Waals surface area contributed by atoms with Gasteiger partial charge in [-0.3, -0.25) is 0 Å². The van der Waals surface area contributed by atoms with E-state index in [1.807, 2.05) is 0 Å². The molecule has 3 rings (SSSR count). The Balaban J connectivity index is 2.18. The van der Waals surface area contributed by atoms with Crippen molar-refractivity contribution in [2.45, 2.75) is 6.18 Å². The molecule has 3 aromatic rings. The van der Waals surface area contributed by atoms with Crippen molar-refractivity contribution in [3.63, 3.8) is 0 Å². The van der Waals surface area contributed by atoms with E-state index in [-0.39, 0.29) is 27.7 Å². The first-order valence-corrected chi connectivity index (χ1v) is 7.05. The van der Waals surface area contributed by atoms with Gasteiger partial charge < -0.3 is 5.11 Å². The van der Waals surface area contributed by atoms with Gasteiger partial charge in [0.1, 0.15) is 11.6 Å². The van der Waals surface area contributed by atoms with Crippen LogP contribution >= 0.6 is 11.6 Å². The number of phenolic OH excluding ortho intramolecular Hbond substituents is 1. The number of benzene rings is 2. The number of halogens is 5. The van der Waals surface area contributed by atoms with Crippen LogP contribution in [0, 0.1) is 5.82 Å². The fourth-order valence-corrected chi connectivity index (χ4v) is 2.47. The summed E-state index contributed by atoms with van der Waals surface area (Å²) in [5, 5.41) is 13.9. The first kappa shape index (κ1) is 16.3. The molecule has 1 aromatic heterocycles. The van der Waals surface area contributed by atoms with Crippen molar-refractivity contribution >= 4 is 11.6 Å². The van der Waals surface area contributed by atoms with Crippen LogP contribution in [-0.2, 0) is 6.18 Å². The Labute approximate surface area is 138 Å². The Morgan fingerprint density at radius 3 is 2.46 bits per heavy atom. The van der Waals surface area contributed by atoms with E-state index in [1.54, 1.807) is 0 Å². The van der Waals surface area contributed by atoms with Crippen LogP contribution in [0.15, 0.2) is 48.7 Å². The van der Waals surface area contributed by atoms with E-state index in [0.717, 1.165) is 35.0 Å². The summed E-state index contributed by atoms with van der Waals surface area (Å²) in [6.07, 6.45) is -3.20. The molecule has 0 bridgehead atoms.